The zero-order chi connectivity index (χ0) is 13.0. The smallest absolute Gasteiger partial charge is 0.119 e. The fourth-order valence-corrected chi connectivity index (χ4v) is 2.10. The zero-order valence-electron chi connectivity index (χ0n) is 11.3. The van der Waals surface area contributed by atoms with Gasteiger partial charge in [0.2, 0.25) is 0 Å². The molecule has 2 rings (SSSR count). The highest BCUT2D eigenvalue weighted by molar-refractivity contribution is 5.30. The Morgan fingerprint density at radius 3 is 2.83 bits per heavy atom. The van der Waals surface area contributed by atoms with Gasteiger partial charge in [-0.15, -0.1) is 0 Å². The second kappa shape index (κ2) is 5.72. The number of nitrogens with one attached hydrogen (secondary N) is 1. The van der Waals surface area contributed by atoms with Crippen LogP contribution >= 0.6 is 0 Å². The first-order valence-electron chi connectivity index (χ1n) is 6.76. The van der Waals surface area contributed by atoms with Crippen molar-refractivity contribution in [2.45, 2.75) is 32.7 Å². The number of hydrogen-bond acceptors (Lipinski definition) is 3. The van der Waals surface area contributed by atoms with Crippen LogP contribution < -0.4 is 10.1 Å². The van der Waals surface area contributed by atoms with Crippen molar-refractivity contribution in [3.05, 3.63) is 29.8 Å². The lowest BCUT2D eigenvalue weighted by molar-refractivity contribution is 0.204. The summed E-state index contributed by atoms with van der Waals surface area (Å²) in [5.41, 5.74) is 1.39. The van der Waals surface area contributed by atoms with Crippen LogP contribution in [0.15, 0.2) is 24.3 Å². The van der Waals surface area contributed by atoms with E-state index >= 15 is 0 Å². The Balaban J connectivity index is 1.91. The topological polar surface area (TPSA) is 41.5 Å². The first-order valence-corrected chi connectivity index (χ1v) is 6.76. The summed E-state index contributed by atoms with van der Waals surface area (Å²) >= 11 is 0. The largest absolute Gasteiger partial charge is 0.494 e. The van der Waals surface area contributed by atoms with Crippen LogP contribution in [0.5, 0.6) is 5.75 Å². The summed E-state index contributed by atoms with van der Waals surface area (Å²) in [4.78, 5) is 0. The highest BCUT2D eigenvalue weighted by atomic mass is 16.5. The summed E-state index contributed by atoms with van der Waals surface area (Å²) in [5.74, 6) is 0.923. The van der Waals surface area contributed by atoms with E-state index in [1.165, 1.54) is 5.56 Å². The Morgan fingerprint density at radius 1 is 1.44 bits per heavy atom. The first kappa shape index (κ1) is 13.4. The number of benzene rings is 1. The normalized spacial score (nSPS) is 18.4. The van der Waals surface area contributed by atoms with Gasteiger partial charge in [0.15, 0.2) is 0 Å². The number of ether oxygens (including phenoxy) is 1. The molecule has 1 unspecified atom stereocenters. The fraction of sp³-hybridized carbons (Fsp3) is 0.600. The van der Waals surface area contributed by atoms with Crippen LogP contribution in [0.25, 0.3) is 0 Å². The lowest BCUT2D eigenvalue weighted by Gasteiger charge is -2.19. The van der Waals surface area contributed by atoms with E-state index in [9.17, 15) is 5.11 Å². The first-order chi connectivity index (χ1) is 8.69. The SMILES string of the molecule is CCOc1cccc(C(C)NCC2(CO)CC2)c1. The molecule has 1 fully saturated rings. The summed E-state index contributed by atoms with van der Waals surface area (Å²) in [6, 6.07) is 8.49. The molecular weight excluding hydrogens is 226 g/mol. The molecule has 0 amide bonds. The predicted molar refractivity (Wildman–Crippen MR) is 72.8 cm³/mol. The van der Waals surface area contributed by atoms with Gasteiger partial charge in [0.25, 0.3) is 0 Å². The van der Waals surface area contributed by atoms with Gasteiger partial charge >= 0.3 is 0 Å². The van der Waals surface area contributed by atoms with Gasteiger partial charge in [-0.25, -0.2) is 0 Å². The molecule has 0 heterocycles. The monoisotopic (exact) mass is 249 g/mol. The van der Waals surface area contributed by atoms with Crippen LogP contribution in [-0.2, 0) is 0 Å². The van der Waals surface area contributed by atoms with Gasteiger partial charge in [-0.3, -0.25) is 0 Å². The van der Waals surface area contributed by atoms with E-state index < -0.39 is 0 Å². The second-order valence-electron chi connectivity index (χ2n) is 5.27. The predicted octanol–water partition coefficient (Wildman–Crippen LogP) is 2.51. The molecule has 3 nitrogen and oxygen atoms in total. The van der Waals surface area contributed by atoms with Crippen molar-refractivity contribution >= 4 is 0 Å². The minimum atomic E-state index is 0.159. The Morgan fingerprint density at radius 2 is 2.22 bits per heavy atom. The van der Waals surface area contributed by atoms with E-state index in [2.05, 4.69) is 24.4 Å². The molecular formula is C15H23NO2. The lowest BCUT2D eigenvalue weighted by atomic mass is 10.1. The summed E-state index contributed by atoms with van der Waals surface area (Å²) in [7, 11) is 0. The Labute approximate surface area is 109 Å². The van der Waals surface area contributed by atoms with Crippen LogP contribution in [-0.4, -0.2) is 24.9 Å². The van der Waals surface area contributed by atoms with E-state index in [1.54, 1.807) is 0 Å². The number of rotatable bonds is 7. The highest BCUT2D eigenvalue weighted by Crippen LogP contribution is 2.44. The lowest BCUT2D eigenvalue weighted by Crippen LogP contribution is -2.28. The van der Waals surface area contributed by atoms with Crippen molar-refractivity contribution in [2.24, 2.45) is 5.41 Å². The average molecular weight is 249 g/mol. The van der Waals surface area contributed by atoms with Crippen molar-refractivity contribution in [3.63, 3.8) is 0 Å². The third-order valence-corrected chi connectivity index (χ3v) is 3.74. The molecule has 2 N–H and O–H groups in total. The molecule has 0 bridgehead atoms. The Hall–Kier alpha value is -1.06. The summed E-state index contributed by atoms with van der Waals surface area (Å²) < 4.78 is 5.51. The van der Waals surface area contributed by atoms with Gasteiger partial charge in [0.05, 0.1) is 6.61 Å². The van der Waals surface area contributed by atoms with Crippen molar-refractivity contribution in [1.29, 1.82) is 0 Å². The third-order valence-electron chi connectivity index (χ3n) is 3.74. The standard InChI is InChI=1S/C15H23NO2/c1-3-18-14-6-4-5-13(9-14)12(2)16-10-15(11-17)7-8-15/h4-6,9,12,16-17H,3,7-8,10-11H2,1-2H3. The number of hydrogen-bond donors (Lipinski definition) is 2. The maximum absolute atomic E-state index is 9.29. The van der Waals surface area contributed by atoms with Crippen LogP contribution in [0.3, 0.4) is 0 Å². The van der Waals surface area contributed by atoms with Crippen molar-refractivity contribution in [2.75, 3.05) is 19.8 Å². The molecule has 0 aromatic heterocycles. The Bertz CT molecular complexity index is 388. The van der Waals surface area contributed by atoms with E-state index in [0.717, 1.165) is 25.1 Å². The third kappa shape index (κ3) is 3.24. The minimum absolute atomic E-state index is 0.159. The fourth-order valence-electron chi connectivity index (χ4n) is 2.10. The van der Waals surface area contributed by atoms with Crippen LogP contribution in [0.4, 0.5) is 0 Å². The van der Waals surface area contributed by atoms with E-state index in [1.807, 2.05) is 19.1 Å². The van der Waals surface area contributed by atoms with Crippen LogP contribution in [0.1, 0.15) is 38.3 Å². The molecule has 1 aromatic rings. The summed E-state index contributed by atoms with van der Waals surface area (Å²) in [6.07, 6.45) is 2.28. The van der Waals surface area contributed by atoms with Gasteiger partial charge in [-0.1, -0.05) is 12.1 Å². The van der Waals surface area contributed by atoms with Crippen molar-refractivity contribution < 1.29 is 9.84 Å². The molecule has 1 atom stereocenters. The van der Waals surface area contributed by atoms with E-state index in [0.29, 0.717) is 13.2 Å². The second-order valence-corrected chi connectivity index (χ2v) is 5.27. The molecule has 3 heteroatoms. The molecule has 1 saturated carbocycles. The maximum atomic E-state index is 9.29. The number of aliphatic hydroxyl groups excluding tert-OH is 1. The maximum Gasteiger partial charge on any atom is 0.119 e. The van der Waals surface area contributed by atoms with Gasteiger partial charge < -0.3 is 15.2 Å². The zero-order valence-corrected chi connectivity index (χ0v) is 11.3. The molecule has 0 radical (unpaired) electrons. The molecule has 100 valence electrons. The van der Waals surface area contributed by atoms with Crippen LogP contribution in [0.2, 0.25) is 0 Å². The molecule has 1 aliphatic rings. The van der Waals surface area contributed by atoms with Gasteiger partial charge in [-0.2, -0.15) is 0 Å². The Kier molecular flexibility index (Phi) is 4.25. The van der Waals surface area contributed by atoms with Crippen molar-refractivity contribution in [1.82, 2.24) is 5.32 Å². The molecule has 0 spiro atoms. The quantitative estimate of drug-likeness (QED) is 0.780. The highest BCUT2D eigenvalue weighted by Gasteiger charge is 2.41. The van der Waals surface area contributed by atoms with Crippen LogP contribution in [0, 0.1) is 5.41 Å². The summed E-state index contributed by atoms with van der Waals surface area (Å²) in [6.45, 7) is 6.03. The molecule has 0 saturated heterocycles. The molecule has 18 heavy (non-hydrogen) atoms. The van der Waals surface area contributed by atoms with Gasteiger partial charge in [0.1, 0.15) is 5.75 Å². The minimum Gasteiger partial charge on any atom is -0.494 e. The molecule has 1 aliphatic carbocycles. The number of aliphatic hydroxyl groups is 1. The van der Waals surface area contributed by atoms with Crippen molar-refractivity contribution in [3.8, 4) is 5.75 Å². The molecule has 1 aromatic carbocycles. The average Bonchev–Trinajstić information content (AvgIpc) is 3.17. The summed E-state index contributed by atoms with van der Waals surface area (Å²) in [5, 5.41) is 12.8. The van der Waals surface area contributed by atoms with Gasteiger partial charge in [0, 0.05) is 24.6 Å². The molecule has 0 aliphatic heterocycles. The van der Waals surface area contributed by atoms with Gasteiger partial charge in [-0.05, 0) is 44.4 Å². The van der Waals surface area contributed by atoms with E-state index in [-0.39, 0.29) is 11.5 Å². The van der Waals surface area contributed by atoms with E-state index in [4.69, 9.17) is 4.74 Å².